The fourth-order valence-corrected chi connectivity index (χ4v) is 2.15. The molecule has 0 spiro atoms. The van der Waals surface area contributed by atoms with Crippen LogP contribution in [-0.4, -0.2) is 6.29 Å². The average Bonchev–Trinajstić information content (AvgIpc) is 2.81. The van der Waals surface area contributed by atoms with Crippen molar-refractivity contribution < 1.29 is 9.21 Å². The predicted octanol–water partition coefficient (Wildman–Crippen LogP) is 4.57. The third-order valence-corrected chi connectivity index (χ3v) is 3.07. The number of hydrogen-bond acceptors (Lipinski definition) is 2. The van der Waals surface area contributed by atoms with Crippen molar-refractivity contribution in [3.8, 4) is 11.3 Å². The molecule has 88 valence electrons. The van der Waals surface area contributed by atoms with Gasteiger partial charge < -0.3 is 4.42 Å². The molecule has 0 aliphatic rings. The van der Waals surface area contributed by atoms with Gasteiger partial charge in [-0.15, -0.1) is 0 Å². The number of halogens is 1. The van der Waals surface area contributed by atoms with Gasteiger partial charge in [0.05, 0.1) is 0 Å². The van der Waals surface area contributed by atoms with Crippen LogP contribution in [0.5, 0.6) is 0 Å². The van der Waals surface area contributed by atoms with E-state index in [0.717, 1.165) is 22.8 Å². The van der Waals surface area contributed by atoms with Gasteiger partial charge in [0, 0.05) is 21.5 Å². The lowest BCUT2D eigenvalue weighted by molar-refractivity contribution is 0.112. The molecule has 0 saturated carbocycles. The lowest BCUT2D eigenvalue weighted by Gasteiger charge is -1.99. The van der Waals surface area contributed by atoms with Crippen LogP contribution in [0.4, 0.5) is 0 Å². The highest BCUT2D eigenvalue weighted by molar-refractivity contribution is 6.31. The molecule has 0 fully saturated rings. The smallest absolute Gasteiger partial charge is 0.150 e. The molecule has 0 bridgehead atoms. The van der Waals surface area contributed by atoms with Crippen LogP contribution in [0, 0.1) is 0 Å². The minimum Gasteiger partial charge on any atom is -0.456 e. The van der Waals surface area contributed by atoms with E-state index in [9.17, 15) is 4.79 Å². The van der Waals surface area contributed by atoms with E-state index in [4.69, 9.17) is 16.0 Å². The molecule has 0 saturated heterocycles. The van der Waals surface area contributed by atoms with Gasteiger partial charge in [-0.1, -0.05) is 35.9 Å². The van der Waals surface area contributed by atoms with Crippen LogP contribution in [0.15, 0.2) is 52.9 Å². The van der Waals surface area contributed by atoms with Gasteiger partial charge in [-0.2, -0.15) is 0 Å². The van der Waals surface area contributed by atoms with Crippen LogP contribution in [0.3, 0.4) is 0 Å². The second kappa shape index (κ2) is 4.31. The Morgan fingerprint density at radius 3 is 2.72 bits per heavy atom. The molecule has 18 heavy (non-hydrogen) atoms. The standard InChI is InChI=1S/C15H9ClO2/c16-12-5-6-14-11(7-12)8-15(18-14)13-4-2-1-3-10(13)9-17/h1-9H. The van der Waals surface area contributed by atoms with Gasteiger partial charge in [0.2, 0.25) is 0 Å². The minimum absolute atomic E-state index is 0.614. The van der Waals surface area contributed by atoms with Crippen LogP contribution in [0.2, 0.25) is 5.02 Å². The lowest BCUT2D eigenvalue weighted by atomic mass is 10.1. The highest BCUT2D eigenvalue weighted by atomic mass is 35.5. The summed E-state index contributed by atoms with van der Waals surface area (Å²) in [6.07, 6.45) is 0.829. The predicted molar refractivity (Wildman–Crippen MR) is 72.0 cm³/mol. The van der Waals surface area contributed by atoms with Gasteiger partial charge in [0.15, 0.2) is 6.29 Å². The Balaban J connectivity index is 2.22. The summed E-state index contributed by atoms with van der Waals surface area (Å²) in [5.74, 6) is 0.676. The van der Waals surface area contributed by atoms with E-state index in [-0.39, 0.29) is 0 Å². The summed E-state index contributed by atoms with van der Waals surface area (Å²) < 4.78 is 5.73. The second-order valence-electron chi connectivity index (χ2n) is 4.00. The Bertz CT molecular complexity index is 728. The lowest BCUT2D eigenvalue weighted by Crippen LogP contribution is -1.84. The van der Waals surface area contributed by atoms with Crippen LogP contribution in [0.1, 0.15) is 10.4 Å². The van der Waals surface area contributed by atoms with Crippen molar-refractivity contribution in [1.82, 2.24) is 0 Å². The summed E-state index contributed by atoms with van der Waals surface area (Å²) in [5.41, 5.74) is 2.16. The Morgan fingerprint density at radius 2 is 1.89 bits per heavy atom. The van der Waals surface area contributed by atoms with Crippen molar-refractivity contribution in [2.24, 2.45) is 0 Å². The third-order valence-electron chi connectivity index (χ3n) is 2.83. The Hall–Kier alpha value is -2.06. The van der Waals surface area contributed by atoms with Crippen LogP contribution >= 0.6 is 11.6 Å². The number of aldehydes is 1. The minimum atomic E-state index is 0.614. The molecule has 0 radical (unpaired) electrons. The summed E-state index contributed by atoms with van der Waals surface area (Å²) in [5, 5.41) is 1.59. The number of benzene rings is 2. The van der Waals surface area contributed by atoms with Gasteiger partial charge in [-0.05, 0) is 24.3 Å². The van der Waals surface area contributed by atoms with Gasteiger partial charge in [-0.25, -0.2) is 0 Å². The molecule has 1 heterocycles. The quantitative estimate of drug-likeness (QED) is 0.629. The Morgan fingerprint density at radius 1 is 1.06 bits per heavy atom. The molecular weight excluding hydrogens is 248 g/mol. The van der Waals surface area contributed by atoms with Gasteiger partial charge >= 0.3 is 0 Å². The molecule has 3 aromatic rings. The fraction of sp³-hybridized carbons (Fsp3) is 0. The van der Waals surface area contributed by atoms with Crippen molar-refractivity contribution in [3.63, 3.8) is 0 Å². The second-order valence-corrected chi connectivity index (χ2v) is 4.43. The summed E-state index contributed by atoms with van der Waals surface area (Å²) in [4.78, 5) is 11.0. The van der Waals surface area contributed by atoms with Crippen molar-refractivity contribution in [2.75, 3.05) is 0 Å². The average molecular weight is 257 g/mol. The maximum Gasteiger partial charge on any atom is 0.150 e. The van der Waals surface area contributed by atoms with Gasteiger partial charge in [-0.3, -0.25) is 4.79 Å². The maximum atomic E-state index is 11.0. The highest BCUT2D eigenvalue weighted by Gasteiger charge is 2.09. The van der Waals surface area contributed by atoms with Crippen LogP contribution in [-0.2, 0) is 0 Å². The molecule has 0 unspecified atom stereocenters. The molecule has 1 aromatic heterocycles. The summed E-state index contributed by atoms with van der Waals surface area (Å²) in [7, 11) is 0. The zero-order valence-corrected chi connectivity index (χ0v) is 10.1. The molecule has 3 rings (SSSR count). The first kappa shape index (κ1) is 11.1. The molecule has 0 aliphatic carbocycles. The van der Waals surface area contributed by atoms with E-state index in [2.05, 4.69) is 0 Å². The summed E-state index contributed by atoms with van der Waals surface area (Å²) in [6.45, 7) is 0. The topological polar surface area (TPSA) is 30.2 Å². The SMILES string of the molecule is O=Cc1ccccc1-c1cc2cc(Cl)ccc2o1. The number of hydrogen-bond donors (Lipinski definition) is 0. The van der Waals surface area contributed by atoms with E-state index >= 15 is 0 Å². The molecular formula is C15H9ClO2. The van der Waals surface area contributed by atoms with Gasteiger partial charge in [0.25, 0.3) is 0 Å². The Kier molecular flexibility index (Phi) is 2.65. The largest absolute Gasteiger partial charge is 0.456 e. The van der Waals surface area contributed by atoms with Crippen molar-refractivity contribution in [1.29, 1.82) is 0 Å². The first-order chi connectivity index (χ1) is 8.78. The normalized spacial score (nSPS) is 10.7. The monoisotopic (exact) mass is 256 g/mol. The molecule has 2 aromatic carbocycles. The number of fused-ring (bicyclic) bond motifs is 1. The maximum absolute atomic E-state index is 11.0. The molecule has 0 N–H and O–H groups in total. The molecule has 3 heteroatoms. The molecule has 0 atom stereocenters. The molecule has 0 aliphatic heterocycles. The first-order valence-corrected chi connectivity index (χ1v) is 5.89. The van der Waals surface area contributed by atoms with E-state index in [1.165, 1.54) is 0 Å². The van der Waals surface area contributed by atoms with E-state index in [0.29, 0.717) is 16.3 Å². The molecule has 2 nitrogen and oxygen atoms in total. The van der Waals surface area contributed by atoms with Crippen molar-refractivity contribution in [2.45, 2.75) is 0 Å². The first-order valence-electron chi connectivity index (χ1n) is 5.51. The summed E-state index contributed by atoms with van der Waals surface area (Å²) in [6, 6.07) is 14.7. The van der Waals surface area contributed by atoms with Crippen molar-refractivity contribution >= 4 is 28.9 Å². The number of rotatable bonds is 2. The van der Waals surface area contributed by atoms with E-state index < -0.39 is 0 Å². The van der Waals surface area contributed by atoms with Crippen LogP contribution in [0.25, 0.3) is 22.3 Å². The number of carbonyl (C=O) groups is 1. The number of carbonyl (C=O) groups excluding carboxylic acids is 1. The summed E-state index contributed by atoms with van der Waals surface area (Å²) >= 11 is 5.93. The highest BCUT2D eigenvalue weighted by Crippen LogP contribution is 2.30. The zero-order chi connectivity index (χ0) is 12.5. The van der Waals surface area contributed by atoms with Crippen LogP contribution < -0.4 is 0 Å². The van der Waals surface area contributed by atoms with Crippen molar-refractivity contribution in [3.05, 3.63) is 59.1 Å². The third kappa shape index (κ3) is 1.81. The van der Waals surface area contributed by atoms with E-state index in [1.54, 1.807) is 12.1 Å². The van der Waals surface area contributed by atoms with Gasteiger partial charge in [0.1, 0.15) is 11.3 Å². The zero-order valence-electron chi connectivity index (χ0n) is 9.39. The number of furan rings is 1. The fourth-order valence-electron chi connectivity index (χ4n) is 1.97. The Labute approximate surface area is 109 Å². The van der Waals surface area contributed by atoms with E-state index in [1.807, 2.05) is 36.4 Å². The molecule has 0 amide bonds.